The number of hydrogen-bond donors (Lipinski definition) is 1. The number of amides is 1. The molecule has 2 aromatic rings. The van der Waals surface area contributed by atoms with E-state index in [1.54, 1.807) is 18.9 Å². The molecule has 0 spiro atoms. The lowest BCUT2D eigenvalue weighted by atomic mass is 10.1. The Labute approximate surface area is 143 Å². The van der Waals surface area contributed by atoms with Crippen molar-refractivity contribution in [3.05, 3.63) is 35.0 Å². The highest BCUT2D eigenvalue weighted by molar-refractivity contribution is 7.99. The number of benzene rings is 1. The van der Waals surface area contributed by atoms with Gasteiger partial charge in [0.1, 0.15) is 11.4 Å². The van der Waals surface area contributed by atoms with Gasteiger partial charge in [0.05, 0.1) is 28.9 Å². The molecule has 1 aromatic carbocycles. The molecule has 1 saturated heterocycles. The lowest BCUT2D eigenvalue weighted by Crippen LogP contribution is -2.41. The van der Waals surface area contributed by atoms with Crippen molar-refractivity contribution in [3.63, 3.8) is 0 Å². The highest BCUT2D eigenvalue weighted by atomic mass is 32.2. The molecule has 23 heavy (non-hydrogen) atoms. The summed E-state index contributed by atoms with van der Waals surface area (Å²) in [4.78, 5) is 20.2. The smallest absolute Gasteiger partial charge is 0.274 e. The zero-order valence-corrected chi connectivity index (χ0v) is 14.7. The number of thioether (sulfide) groups is 1. The number of hydrogen-bond acceptors (Lipinski definition) is 6. The van der Waals surface area contributed by atoms with E-state index in [1.165, 1.54) is 11.3 Å². The maximum atomic E-state index is 12.9. The van der Waals surface area contributed by atoms with Crippen LogP contribution in [-0.2, 0) is 0 Å². The van der Waals surface area contributed by atoms with Crippen LogP contribution in [0.3, 0.4) is 0 Å². The number of aromatic nitrogens is 1. The van der Waals surface area contributed by atoms with Gasteiger partial charge in [0.2, 0.25) is 0 Å². The van der Waals surface area contributed by atoms with E-state index in [1.807, 2.05) is 36.1 Å². The number of rotatable bonds is 4. The van der Waals surface area contributed by atoms with E-state index in [4.69, 9.17) is 10.5 Å². The molecular weight excluding hydrogens is 330 g/mol. The van der Waals surface area contributed by atoms with E-state index in [0.29, 0.717) is 18.1 Å². The molecule has 3 rings (SSSR count). The van der Waals surface area contributed by atoms with Crippen LogP contribution in [-0.4, -0.2) is 47.1 Å². The molecule has 1 aliphatic heterocycles. The Bertz CT molecular complexity index is 717. The van der Waals surface area contributed by atoms with Crippen molar-refractivity contribution in [2.75, 3.05) is 25.3 Å². The number of thiazole rings is 1. The third-order valence-electron chi connectivity index (χ3n) is 3.78. The molecule has 0 unspecified atom stereocenters. The lowest BCUT2D eigenvalue weighted by Gasteiger charge is -2.22. The SMILES string of the molecule is COc1cccc(-c2sc(C)nc2C(=O)N2CSC[C@H]2CN)c1. The van der Waals surface area contributed by atoms with Gasteiger partial charge in [-0.3, -0.25) is 4.79 Å². The summed E-state index contributed by atoms with van der Waals surface area (Å²) in [5.41, 5.74) is 7.26. The lowest BCUT2D eigenvalue weighted by molar-refractivity contribution is 0.0748. The van der Waals surface area contributed by atoms with Crippen LogP contribution in [0.15, 0.2) is 24.3 Å². The third kappa shape index (κ3) is 3.22. The van der Waals surface area contributed by atoms with Crippen molar-refractivity contribution in [3.8, 4) is 16.2 Å². The predicted molar refractivity (Wildman–Crippen MR) is 95.2 cm³/mol. The highest BCUT2D eigenvalue weighted by Crippen LogP contribution is 2.34. The van der Waals surface area contributed by atoms with Gasteiger partial charge >= 0.3 is 0 Å². The molecule has 0 aliphatic carbocycles. The molecule has 1 atom stereocenters. The molecule has 1 aliphatic rings. The predicted octanol–water partition coefficient (Wildman–Crippen LogP) is 2.60. The zero-order valence-electron chi connectivity index (χ0n) is 13.1. The molecule has 1 fully saturated rings. The summed E-state index contributed by atoms with van der Waals surface area (Å²) in [7, 11) is 1.64. The summed E-state index contributed by atoms with van der Waals surface area (Å²) in [6.07, 6.45) is 0. The van der Waals surface area contributed by atoms with Crippen molar-refractivity contribution in [2.24, 2.45) is 5.73 Å². The molecular formula is C16H19N3O2S2. The molecule has 0 bridgehead atoms. The molecule has 0 radical (unpaired) electrons. The third-order valence-corrected chi connectivity index (χ3v) is 5.88. The number of carbonyl (C=O) groups excluding carboxylic acids is 1. The number of carbonyl (C=O) groups is 1. The van der Waals surface area contributed by atoms with Gasteiger partial charge in [0, 0.05) is 12.3 Å². The number of nitrogens with two attached hydrogens (primary N) is 1. The molecule has 5 nitrogen and oxygen atoms in total. The first kappa shape index (κ1) is 16.3. The van der Waals surface area contributed by atoms with Gasteiger partial charge in [0.15, 0.2) is 0 Å². The van der Waals surface area contributed by atoms with Gasteiger partial charge in [-0.2, -0.15) is 0 Å². The van der Waals surface area contributed by atoms with Crippen LogP contribution < -0.4 is 10.5 Å². The summed E-state index contributed by atoms with van der Waals surface area (Å²) < 4.78 is 5.29. The fourth-order valence-corrected chi connectivity index (χ4v) is 4.70. The van der Waals surface area contributed by atoms with Crippen LogP contribution in [0, 0.1) is 6.92 Å². The van der Waals surface area contributed by atoms with Crippen LogP contribution >= 0.6 is 23.1 Å². The Balaban J connectivity index is 1.98. The minimum atomic E-state index is -0.0346. The fourth-order valence-electron chi connectivity index (χ4n) is 2.57. The molecule has 0 saturated carbocycles. The number of aryl methyl sites for hydroxylation is 1. The van der Waals surface area contributed by atoms with Crippen molar-refractivity contribution in [2.45, 2.75) is 13.0 Å². The van der Waals surface area contributed by atoms with Crippen molar-refractivity contribution < 1.29 is 9.53 Å². The van der Waals surface area contributed by atoms with Crippen molar-refractivity contribution >= 4 is 29.0 Å². The Hall–Kier alpha value is -1.57. The van der Waals surface area contributed by atoms with Gasteiger partial charge in [-0.25, -0.2) is 4.98 Å². The first-order chi connectivity index (χ1) is 11.1. The molecule has 2 N–H and O–H groups in total. The average molecular weight is 349 g/mol. The first-order valence-corrected chi connectivity index (χ1v) is 9.31. The number of methoxy groups -OCH3 is 1. The Morgan fingerprint density at radius 2 is 2.35 bits per heavy atom. The monoisotopic (exact) mass is 349 g/mol. The molecule has 2 heterocycles. The Kier molecular flexibility index (Phi) is 4.89. The fraction of sp³-hybridized carbons (Fsp3) is 0.375. The second-order valence-corrected chi connectivity index (χ2v) is 7.51. The maximum Gasteiger partial charge on any atom is 0.274 e. The topological polar surface area (TPSA) is 68.5 Å². The van der Waals surface area contributed by atoms with E-state index in [2.05, 4.69) is 4.98 Å². The standard InChI is InChI=1S/C16H19N3O2S2/c1-10-18-14(16(20)19-9-22-8-12(19)7-17)15(23-10)11-4-3-5-13(6-11)21-2/h3-6,12H,7-9,17H2,1-2H3/t12-/m1/s1. The minimum Gasteiger partial charge on any atom is -0.497 e. The number of ether oxygens (including phenoxy) is 1. The van der Waals surface area contributed by atoms with E-state index in [9.17, 15) is 4.79 Å². The Morgan fingerprint density at radius 1 is 1.52 bits per heavy atom. The molecule has 7 heteroatoms. The largest absolute Gasteiger partial charge is 0.497 e. The van der Waals surface area contributed by atoms with Gasteiger partial charge in [0.25, 0.3) is 5.91 Å². The van der Waals surface area contributed by atoms with Gasteiger partial charge in [-0.15, -0.1) is 23.1 Å². The van der Waals surface area contributed by atoms with E-state index < -0.39 is 0 Å². The molecule has 1 aromatic heterocycles. The summed E-state index contributed by atoms with van der Waals surface area (Å²) in [6.45, 7) is 2.40. The van der Waals surface area contributed by atoms with Gasteiger partial charge in [-0.1, -0.05) is 12.1 Å². The first-order valence-electron chi connectivity index (χ1n) is 7.34. The zero-order chi connectivity index (χ0) is 16.4. The van der Waals surface area contributed by atoms with Crippen LogP contribution in [0.4, 0.5) is 0 Å². The minimum absolute atomic E-state index is 0.0346. The normalized spacial score (nSPS) is 17.5. The summed E-state index contributed by atoms with van der Waals surface area (Å²) in [6, 6.07) is 7.81. The van der Waals surface area contributed by atoms with E-state index >= 15 is 0 Å². The summed E-state index contributed by atoms with van der Waals surface area (Å²) in [5.74, 6) is 2.30. The van der Waals surface area contributed by atoms with Gasteiger partial charge < -0.3 is 15.4 Å². The van der Waals surface area contributed by atoms with E-state index in [0.717, 1.165) is 27.0 Å². The van der Waals surface area contributed by atoms with Crippen LogP contribution in [0.25, 0.3) is 10.4 Å². The van der Waals surface area contributed by atoms with Crippen LogP contribution in [0.5, 0.6) is 5.75 Å². The summed E-state index contributed by atoms with van der Waals surface area (Å²) >= 11 is 3.26. The van der Waals surface area contributed by atoms with Crippen molar-refractivity contribution in [1.29, 1.82) is 0 Å². The highest BCUT2D eigenvalue weighted by Gasteiger charge is 2.32. The van der Waals surface area contributed by atoms with E-state index in [-0.39, 0.29) is 11.9 Å². The number of nitrogens with zero attached hydrogens (tertiary/aromatic N) is 2. The van der Waals surface area contributed by atoms with Crippen LogP contribution in [0.2, 0.25) is 0 Å². The Morgan fingerprint density at radius 3 is 3.09 bits per heavy atom. The second kappa shape index (κ2) is 6.90. The maximum absolute atomic E-state index is 12.9. The quantitative estimate of drug-likeness (QED) is 0.919. The van der Waals surface area contributed by atoms with Crippen molar-refractivity contribution in [1.82, 2.24) is 9.88 Å². The van der Waals surface area contributed by atoms with Gasteiger partial charge in [-0.05, 0) is 24.6 Å². The second-order valence-electron chi connectivity index (χ2n) is 5.31. The van der Waals surface area contributed by atoms with Crippen LogP contribution in [0.1, 0.15) is 15.5 Å². The summed E-state index contributed by atoms with van der Waals surface area (Å²) in [5, 5.41) is 0.877. The molecule has 122 valence electrons. The average Bonchev–Trinajstić information content (AvgIpc) is 3.20. The molecule has 1 amide bonds.